The van der Waals surface area contributed by atoms with E-state index in [-0.39, 0.29) is 18.4 Å². The van der Waals surface area contributed by atoms with Crippen LogP contribution in [0.1, 0.15) is 73.1 Å². The minimum absolute atomic E-state index is 0.242. The molecule has 1 spiro atoms. The van der Waals surface area contributed by atoms with Gasteiger partial charge >= 0.3 is 12.0 Å². The molecule has 4 atom stereocenters. The van der Waals surface area contributed by atoms with E-state index in [4.69, 9.17) is 10.5 Å². The van der Waals surface area contributed by atoms with Crippen molar-refractivity contribution in [2.75, 3.05) is 24.7 Å². The van der Waals surface area contributed by atoms with Gasteiger partial charge < -0.3 is 31.3 Å². The molecule has 2 heterocycles. The van der Waals surface area contributed by atoms with Crippen LogP contribution in [0.4, 0.5) is 4.79 Å². The number of nitrogens with two attached hydrogens (primary N) is 1. The maximum Gasteiger partial charge on any atom is 0.328 e. The Balaban J connectivity index is 1.50. The van der Waals surface area contributed by atoms with E-state index in [1.165, 1.54) is 4.90 Å². The second-order valence-electron chi connectivity index (χ2n) is 14.0. The average Bonchev–Trinajstić information content (AvgIpc) is 3.88. The van der Waals surface area contributed by atoms with Crippen LogP contribution < -0.4 is 21.7 Å². The number of rotatable bonds is 13. The van der Waals surface area contributed by atoms with Gasteiger partial charge in [0, 0.05) is 24.5 Å². The van der Waals surface area contributed by atoms with Crippen molar-refractivity contribution in [2.45, 2.75) is 101 Å². The van der Waals surface area contributed by atoms with Crippen LogP contribution in [0.15, 0.2) is 0 Å². The molecule has 44 heavy (non-hydrogen) atoms. The molecule has 4 rings (SSSR count). The lowest BCUT2D eigenvalue weighted by Crippen LogP contribution is -2.61. The highest BCUT2D eigenvalue weighted by atomic mass is 32.2. The second kappa shape index (κ2) is 13.9. The maximum absolute atomic E-state index is 14.3. The molecule has 0 aromatic carbocycles. The Hall–Kier alpha value is -2.48. The van der Waals surface area contributed by atoms with Crippen molar-refractivity contribution in [1.29, 1.82) is 0 Å². The summed E-state index contributed by atoms with van der Waals surface area (Å²) in [6.07, 6.45) is 4.58. The molecule has 5 amide bonds. The van der Waals surface area contributed by atoms with Crippen LogP contribution in [0.2, 0.25) is 0 Å². The van der Waals surface area contributed by atoms with E-state index in [2.05, 4.69) is 16.0 Å². The maximum atomic E-state index is 14.3. The van der Waals surface area contributed by atoms with Gasteiger partial charge in [-0.15, -0.1) is 23.5 Å². The van der Waals surface area contributed by atoms with Gasteiger partial charge in [-0.25, -0.2) is 9.59 Å². The summed E-state index contributed by atoms with van der Waals surface area (Å²) in [7, 11) is 0. The number of Topliss-reactive ketones (excluding diaryl/α,β-unsaturated/α-hetero) is 1. The van der Waals surface area contributed by atoms with Gasteiger partial charge in [0.1, 0.15) is 18.1 Å². The van der Waals surface area contributed by atoms with Crippen LogP contribution in [0.25, 0.3) is 0 Å². The lowest BCUT2D eigenvalue weighted by Gasteiger charge is -2.36. The highest BCUT2D eigenvalue weighted by molar-refractivity contribution is 8.21. The van der Waals surface area contributed by atoms with E-state index < -0.39 is 69.2 Å². The zero-order chi connectivity index (χ0) is 32.4. The van der Waals surface area contributed by atoms with Crippen molar-refractivity contribution in [3.05, 3.63) is 0 Å². The van der Waals surface area contributed by atoms with Crippen LogP contribution in [0, 0.1) is 23.2 Å². The summed E-state index contributed by atoms with van der Waals surface area (Å²) < 4.78 is 5.02. The fourth-order valence-corrected chi connectivity index (χ4v) is 8.83. The number of carbonyl (C=O) groups excluding carboxylic acids is 6. The molecular weight excluding hydrogens is 606 g/mol. The topological polar surface area (TPSA) is 177 Å². The fourth-order valence-electron chi connectivity index (χ4n) is 5.57. The van der Waals surface area contributed by atoms with E-state index >= 15 is 0 Å². The lowest BCUT2D eigenvalue weighted by molar-refractivity contribution is -0.147. The zero-order valence-corrected chi connectivity index (χ0v) is 27.9. The van der Waals surface area contributed by atoms with Crippen LogP contribution in [-0.2, 0) is 28.7 Å². The van der Waals surface area contributed by atoms with Crippen molar-refractivity contribution in [3.8, 4) is 0 Å². The summed E-state index contributed by atoms with van der Waals surface area (Å²) in [5.41, 5.74) is 4.53. The van der Waals surface area contributed by atoms with Gasteiger partial charge in [0.05, 0.1) is 16.7 Å². The first-order valence-electron chi connectivity index (χ1n) is 15.6. The van der Waals surface area contributed by atoms with E-state index in [0.717, 1.165) is 37.2 Å². The molecule has 2 aliphatic carbocycles. The van der Waals surface area contributed by atoms with Crippen LogP contribution in [-0.4, -0.2) is 93.3 Å². The molecule has 4 fully saturated rings. The number of nitrogens with zero attached hydrogens (tertiary/aromatic N) is 1. The van der Waals surface area contributed by atoms with Crippen molar-refractivity contribution in [2.24, 2.45) is 28.9 Å². The van der Waals surface area contributed by atoms with E-state index in [0.29, 0.717) is 25.4 Å². The highest BCUT2D eigenvalue weighted by Gasteiger charge is 2.53. The number of primary amides is 1. The van der Waals surface area contributed by atoms with Gasteiger partial charge in [-0.2, -0.15) is 0 Å². The Morgan fingerprint density at radius 3 is 2.09 bits per heavy atom. The van der Waals surface area contributed by atoms with Crippen LogP contribution in [0.3, 0.4) is 0 Å². The largest absolute Gasteiger partial charge is 0.464 e. The predicted octanol–water partition coefficient (Wildman–Crippen LogP) is 1.79. The van der Waals surface area contributed by atoms with E-state index in [1.807, 2.05) is 20.8 Å². The van der Waals surface area contributed by atoms with Gasteiger partial charge in [0.15, 0.2) is 0 Å². The van der Waals surface area contributed by atoms with Crippen molar-refractivity contribution < 1.29 is 33.5 Å². The molecule has 246 valence electrons. The molecule has 1 unspecified atom stereocenters. The molecule has 14 heteroatoms. The number of hydrogen-bond donors (Lipinski definition) is 4. The van der Waals surface area contributed by atoms with Gasteiger partial charge in [-0.3, -0.25) is 19.2 Å². The van der Waals surface area contributed by atoms with Crippen molar-refractivity contribution in [1.82, 2.24) is 20.9 Å². The number of thioether (sulfide) groups is 2. The molecule has 4 aliphatic rings. The molecule has 2 aliphatic heterocycles. The second-order valence-corrected chi connectivity index (χ2v) is 17.2. The minimum Gasteiger partial charge on any atom is -0.464 e. The average molecular weight is 654 g/mol. The third-order valence-electron chi connectivity index (χ3n) is 8.59. The van der Waals surface area contributed by atoms with Gasteiger partial charge in [-0.05, 0) is 42.4 Å². The van der Waals surface area contributed by atoms with Gasteiger partial charge in [0.25, 0.3) is 5.91 Å². The minimum atomic E-state index is -1.10. The Kier molecular flexibility index (Phi) is 10.9. The van der Waals surface area contributed by atoms with Crippen molar-refractivity contribution >= 4 is 59.0 Å². The highest BCUT2D eigenvalue weighted by Crippen LogP contribution is 2.52. The molecular formula is C30H47N5O7S2. The summed E-state index contributed by atoms with van der Waals surface area (Å²) in [6, 6.07) is -4.56. The van der Waals surface area contributed by atoms with Crippen molar-refractivity contribution in [3.63, 3.8) is 0 Å². The number of esters is 1. The Labute approximate surface area is 267 Å². The molecule has 5 N–H and O–H groups in total. The summed E-state index contributed by atoms with van der Waals surface area (Å²) in [6.45, 7) is 9.67. The zero-order valence-electron chi connectivity index (χ0n) is 26.3. The number of ether oxygens (including phenoxy) is 1. The fraction of sp³-hybridized carbons (Fsp3) is 0.800. The summed E-state index contributed by atoms with van der Waals surface area (Å²) in [5.74, 6) is -1.28. The Morgan fingerprint density at radius 2 is 1.57 bits per heavy atom. The monoisotopic (exact) mass is 653 g/mol. The SMILES string of the molecule is CC(C)[C@H](NC(=O)N[C@H](C(=O)N1CC2(C[C@H]1C(=O)NC(CC1CC1)C(=O)C(N)=O)SCCS2)C(C)(C)C)C(=O)OCC1CC1. The Bertz CT molecular complexity index is 1150. The lowest BCUT2D eigenvalue weighted by atomic mass is 9.85. The first-order valence-corrected chi connectivity index (χ1v) is 17.5. The number of carbonyl (C=O) groups is 6. The number of nitrogens with one attached hydrogen (secondary N) is 3. The predicted molar refractivity (Wildman–Crippen MR) is 168 cm³/mol. The first kappa shape index (κ1) is 34.4. The first-order chi connectivity index (χ1) is 20.6. The number of amides is 5. The van der Waals surface area contributed by atoms with Gasteiger partial charge in [-0.1, -0.05) is 47.5 Å². The third kappa shape index (κ3) is 8.82. The molecule has 0 aromatic rings. The third-order valence-corrected chi connectivity index (χ3v) is 12.0. The van der Waals surface area contributed by atoms with Gasteiger partial charge in [0.2, 0.25) is 17.6 Å². The standard InChI is InChI=1S/C30H47N5O7S2/c1-16(2)21(27(40)42-14-18-8-9-18)33-28(41)34-23(29(3,4)5)26(39)35-15-30(43-10-11-44-30)13-20(35)25(38)32-19(12-17-6-7-17)22(36)24(31)37/h16-21,23H,6-15H2,1-5H3,(H2,31,37)(H,32,38)(H2,33,34,41)/t19?,20-,21-,23+/m0/s1. The van der Waals surface area contributed by atoms with Crippen LogP contribution in [0.5, 0.6) is 0 Å². The number of ketones is 1. The summed E-state index contributed by atoms with van der Waals surface area (Å²) in [5, 5.41) is 8.23. The van der Waals surface area contributed by atoms with E-state index in [1.54, 1.807) is 37.4 Å². The summed E-state index contributed by atoms with van der Waals surface area (Å²) >= 11 is 3.40. The smallest absolute Gasteiger partial charge is 0.328 e. The number of hydrogen-bond acceptors (Lipinski definition) is 9. The molecule has 12 nitrogen and oxygen atoms in total. The molecule has 0 radical (unpaired) electrons. The normalized spacial score (nSPS) is 23.1. The summed E-state index contributed by atoms with van der Waals surface area (Å²) in [4.78, 5) is 79.9. The molecule has 2 saturated heterocycles. The number of urea groups is 1. The number of likely N-dealkylation sites (tertiary alicyclic amines) is 1. The van der Waals surface area contributed by atoms with E-state index in [9.17, 15) is 28.8 Å². The Morgan fingerprint density at radius 1 is 0.955 bits per heavy atom. The molecule has 0 aromatic heterocycles. The van der Waals surface area contributed by atoms with Crippen LogP contribution >= 0.6 is 23.5 Å². The molecule has 2 saturated carbocycles. The quantitative estimate of drug-likeness (QED) is 0.171. The molecule has 0 bridgehead atoms.